The summed E-state index contributed by atoms with van der Waals surface area (Å²) < 4.78 is 5.35. The fourth-order valence-corrected chi connectivity index (χ4v) is 1.70. The number of nitrogens with one attached hydrogen (secondary N) is 1. The predicted molar refractivity (Wildman–Crippen MR) is 72.4 cm³/mol. The minimum Gasteiger partial charge on any atom is -0.444 e. The monoisotopic (exact) mass is 260 g/mol. The molecule has 1 aromatic carbocycles. The van der Waals surface area contributed by atoms with Crippen molar-refractivity contribution in [2.45, 2.75) is 19.9 Å². The lowest BCUT2D eigenvalue weighted by atomic mass is 10.1. The molecule has 0 spiro atoms. The van der Waals surface area contributed by atoms with Crippen LogP contribution in [0.15, 0.2) is 28.8 Å². The summed E-state index contributed by atoms with van der Waals surface area (Å²) in [5.74, 6) is 0.865. The Hall–Kier alpha value is -2.50. The van der Waals surface area contributed by atoms with E-state index in [1.807, 2.05) is 0 Å². The van der Waals surface area contributed by atoms with E-state index in [0.717, 1.165) is 0 Å². The molecule has 0 bridgehead atoms. The molecule has 0 fully saturated rings. The van der Waals surface area contributed by atoms with Crippen LogP contribution < -0.4 is 16.8 Å². The maximum Gasteiger partial charge on any atom is 0.254 e. The highest BCUT2D eigenvalue weighted by Gasteiger charge is 2.17. The molecule has 6 heteroatoms. The number of nitrogen functional groups attached to an aromatic ring is 2. The van der Waals surface area contributed by atoms with Gasteiger partial charge in [-0.3, -0.25) is 4.79 Å². The second-order valence-corrected chi connectivity index (χ2v) is 4.35. The summed E-state index contributed by atoms with van der Waals surface area (Å²) in [7, 11) is 0. The van der Waals surface area contributed by atoms with Crippen LogP contribution in [0.2, 0.25) is 0 Å². The highest BCUT2D eigenvalue weighted by atomic mass is 16.4. The summed E-state index contributed by atoms with van der Waals surface area (Å²) >= 11 is 0. The van der Waals surface area contributed by atoms with Crippen molar-refractivity contribution in [2.75, 3.05) is 11.5 Å². The van der Waals surface area contributed by atoms with Crippen LogP contribution in [0.3, 0.4) is 0 Å². The van der Waals surface area contributed by atoms with E-state index < -0.39 is 0 Å². The molecular weight excluding hydrogens is 244 g/mol. The van der Waals surface area contributed by atoms with Crippen molar-refractivity contribution in [1.82, 2.24) is 10.3 Å². The van der Waals surface area contributed by atoms with Crippen LogP contribution in [-0.4, -0.2) is 10.9 Å². The first kappa shape index (κ1) is 12.9. The standard InChI is InChI=1S/C13H16N4O2/c1-7-6-16-13(19-7)8(2)17-12(18)10-4-3-9(14)5-11(10)15/h3-6,8H,14-15H2,1-2H3,(H,17,18). The van der Waals surface area contributed by atoms with Gasteiger partial charge in [0.1, 0.15) is 11.8 Å². The lowest BCUT2D eigenvalue weighted by Crippen LogP contribution is -2.27. The zero-order valence-electron chi connectivity index (χ0n) is 10.8. The van der Waals surface area contributed by atoms with Gasteiger partial charge in [0.05, 0.1) is 11.8 Å². The van der Waals surface area contributed by atoms with Gasteiger partial charge in [-0.15, -0.1) is 0 Å². The van der Waals surface area contributed by atoms with Crippen molar-refractivity contribution in [1.29, 1.82) is 0 Å². The van der Waals surface area contributed by atoms with Gasteiger partial charge in [0, 0.05) is 11.4 Å². The number of carbonyl (C=O) groups is 1. The van der Waals surface area contributed by atoms with E-state index in [4.69, 9.17) is 15.9 Å². The number of hydrogen-bond donors (Lipinski definition) is 3. The van der Waals surface area contributed by atoms with E-state index in [9.17, 15) is 4.79 Å². The molecule has 1 atom stereocenters. The highest BCUT2D eigenvalue weighted by molar-refractivity contribution is 5.99. The van der Waals surface area contributed by atoms with Crippen molar-refractivity contribution in [3.63, 3.8) is 0 Å². The zero-order valence-corrected chi connectivity index (χ0v) is 10.8. The zero-order chi connectivity index (χ0) is 14.0. The molecule has 1 aromatic heterocycles. The Balaban J connectivity index is 2.12. The molecule has 2 aromatic rings. The van der Waals surface area contributed by atoms with Crippen molar-refractivity contribution in [2.24, 2.45) is 0 Å². The molecular formula is C13H16N4O2. The van der Waals surface area contributed by atoms with Gasteiger partial charge in [0.25, 0.3) is 5.91 Å². The van der Waals surface area contributed by atoms with Crippen LogP contribution in [0.1, 0.15) is 35.0 Å². The second kappa shape index (κ2) is 5.01. The van der Waals surface area contributed by atoms with Crippen LogP contribution in [0.4, 0.5) is 11.4 Å². The molecule has 0 saturated carbocycles. The van der Waals surface area contributed by atoms with Crippen molar-refractivity contribution in [3.05, 3.63) is 41.6 Å². The summed E-state index contributed by atoms with van der Waals surface area (Å²) in [4.78, 5) is 16.1. The SMILES string of the molecule is Cc1cnc(C(C)NC(=O)c2ccc(N)cc2N)o1. The third-order valence-corrected chi connectivity index (χ3v) is 2.68. The molecule has 1 heterocycles. The summed E-state index contributed by atoms with van der Waals surface area (Å²) in [5, 5.41) is 2.77. The van der Waals surface area contributed by atoms with Crippen LogP contribution in [0.5, 0.6) is 0 Å². The molecule has 0 radical (unpaired) electrons. The Kier molecular flexibility index (Phi) is 3.41. The van der Waals surface area contributed by atoms with E-state index in [0.29, 0.717) is 28.6 Å². The molecule has 0 aliphatic carbocycles. The van der Waals surface area contributed by atoms with E-state index >= 15 is 0 Å². The maximum absolute atomic E-state index is 12.1. The molecule has 1 unspecified atom stereocenters. The molecule has 0 saturated heterocycles. The molecule has 19 heavy (non-hydrogen) atoms. The number of carbonyl (C=O) groups excluding carboxylic acids is 1. The van der Waals surface area contributed by atoms with Gasteiger partial charge >= 0.3 is 0 Å². The lowest BCUT2D eigenvalue weighted by Gasteiger charge is -2.12. The summed E-state index contributed by atoms with van der Waals surface area (Å²) in [6, 6.07) is 4.44. The first-order chi connectivity index (χ1) is 8.97. The highest BCUT2D eigenvalue weighted by Crippen LogP contribution is 2.18. The second-order valence-electron chi connectivity index (χ2n) is 4.35. The molecule has 5 N–H and O–H groups in total. The van der Waals surface area contributed by atoms with Gasteiger partial charge in [-0.25, -0.2) is 4.98 Å². The van der Waals surface area contributed by atoms with Gasteiger partial charge in [0.2, 0.25) is 5.89 Å². The number of nitrogens with zero attached hydrogens (tertiary/aromatic N) is 1. The first-order valence-electron chi connectivity index (χ1n) is 5.85. The number of aromatic nitrogens is 1. The van der Waals surface area contributed by atoms with Gasteiger partial charge in [-0.1, -0.05) is 0 Å². The first-order valence-corrected chi connectivity index (χ1v) is 5.85. The number of oxazole rings is 1. The Morgan fingerprint density at radius 1 is 1.42 bits per heavy atom. The van der Waals surface area contributed by atoms with Gasteiger partial charge < -0.3 is 21.2 Å². The minimum atomic E-state index is -0.335. The van der Waals surface area contributed by atoms with Crippen molar-refractivity contribution < 1.29 is 9.21 Å². The fraction of sp³-hybridized carbons (Fsp3) is 0.231. The van der Waals surface area contributed by atoms with Crippen LogP contribution >= 0.6 is 0 Å². The minimum absolute atomic E-state index is 0.291. The quantitative estimate of drug-likeness (QED) is 0.727. The number of aryl methyl sites for hydroxylation is 1. The summed E-state index contributed by atoms with van der Waals surface area (Å²) in [6.07, 6.45) is 1.61. The number of amides is 1. The predicted octanol–water partition coefficient (Wildman–Crippen LogP) is 1.64. The van der Waals surface area contributed by atoms with Crippen molar-refractivity contribution >= 4 is 17.3 Å². The molecule has 6 nitrogen and oxygen atoms in total. The molecule has 2 rings (SSSR count). The Labute approximate surface area is 110 Å². The number of benzene rings is 1. The number of rotatable bonds is 3. The summed E-state index contributed by atoms with van der Waals surface area (Å²) in [5.41, 5.74) is 12.6. The summed E-state index contributed by atoms with van der Waals surface area (Å²) in [6.45, 7) is 3.58. The van der Waals surface area contributed by atoms with Gasteiger partial charge in [-0.05, 0) is 32.0 Å². The maximum atomic E-state index is 12.1. The Morgan fingerprint density at radius 3 is 2.74 bits per heavy atom. The molecule has 0 aliphatic rings. The number of hydrogen-bond acceptors (Lipinski definition) is 5. The van der Waals surface area contributed by atoms with Gasteiger partial charge in [-0.2, -0.15) is 0 Å². The van der Waals surface area contributed by atoms with E-state index in [1.165, 1.54) is 0 Å². The van der Waals surface area contributed by atoms with Crippen LogP contribution in [0, 0.1) is 6.92 Å². The smallest absolute Gasteiger partial charge is 0.254 e. The largest absolute Gasteiger partial charge is 0.444 e. The molecule has 100 valence electrons. The van der Waals surface area contributed by atoms with E-state index in [2.05, 4.69) is 10.3 Å². The van der Waals surface area contributed by atoms with Crippen molar-refractivity contribution in [3.8, 4) is 0 Å². The molecule has 1 amide bonds. The lowest BCUT2D eigenvalue weighted by molar-refractivity contribution is 0.0935. The number of anilines is 2. The van der Waals surface area contributed by atoms with Crippen LogP contribution in [-0.2, 0) is 0 Å². The third kappa shape index (κ3) is 2.85. The van der Waals surface area contributed by atoms with Crippen LogP contribution in [0.25, 0.3) is 0 Å². The average Bonchev–Trinajstić information content (AvgIpc) is 2.75. The van der Waals surface area contributed by atoms with E-state index in [1.54, 1.807) is 38.2 Å². The Morgan fingerprint density at radius 2 is 2.16 bits per heavy atom. The average molecular weight is 260 g/mol. The topological polar surface area (TPSA) is 107 Å². The van der Waals surface area contributed by atoms with E-state index in [-0.39, 0.29) is 11.9 Å². The normalized spacial score (nSPS) is 12.1. The third-order valence-electron chi connectivity index (χ3n) is 2.68. The van der Waals surface area contributed by atoms with Gasteiger partial charge in [0.15, 0.2) is 0 Å². The Bertz CT molecular complexity index is 606. The fourth-order valence-electron chi connectivity index (χ4n) is 1.70. The number of nitrogens with two attached hydrogens (primary N) is 2. The molecule has 0 aliphatic heterocycles.